The number of nitrogens with one attached hydrogen (secondary N) is 1. The molecule has 0 fully saturated rings. The predicted molar refractivity (Wildman–Crippen MR) is 68.8 cm³/mol. The summed E-state index contributed by atoms with van der Waals surface area (Å²) in [5.41, 5.74) is 2.54. The van der Waals surface area contributed by atoms with E-state index in [1.165, 1.54) is 17.7 Å². The van der Waals surface area contributed by atoms with E-state index in [1.54, 1.807) is 0 Å². The van der Waals surface area contributed by atoms with E-state index in [4.69, 9.17) is 0 Å². The lowest BCUT2D eigenvalue weighted by molar-refractivity contribution is 0.194. The molecule has 0 saturated heterocycles. The van der Waals surface area contributed by atoms with E-state index >= 15 is 0 Å². The lowest BCUT2D eigenvalue weighted by Gasteiger charge is -2.30. The van der Waals surface area contributed by atoms with Gasteiger partial charge in [-0.25, -0.2) is 0 Å². The number of aliphatic hydroxyl groups excluding tert-OH is 1. The quantitative estimate of drug-likeness (QED) is 0.838. The van der Waals surface area contributed by atoms with Gasteiger partial charge in [-0.15, -0.1) is 0 Å². The maximum absolute atomic E-state index is 9.39. The molecule has 1 aliphatic carbocycles. The molecule has 0 aliphatic heterocycles. The van der Waals surface area contributed by atoms with Crippen LogP contribution in [-0.4, -0.2) is 22.7 Å². The molecule has 2 atom stereocenters. The SMILES string of the molecule is CC(C)C(CO)NC1CCCc2cccnc21. The summed E-state index contributed by atoms with van der Waals surface area (Å²) in [4.78, 5) is 4.50. The number of aryl methyl sites for hydroxylation is 1. The molecule has 1 aromatic rings. The summed E-state index contributed by atoms with van der Waals surface area (Å²) >= 11 is 0. The van der Waals surface area contributed by atoms with Crippen molar-refractivity contribution in [2.45, 2.75) is 45.2 Å². The zero-order valence-corrected chi connectivity index (χ0v) is 10.7. The maximum Gasteiger partial charge on any atom is 0.0605 e. The number of hydrogen-bond donors (Lipinski definition) is 2. The van der Waals surface area contributed by atoms with Gasteiger partial charge in [-0.1, -0.05) is 19.9 Å². The Morgan fingerprint density at radius 1 is 1.53 bits per heavy atom. The molecular formula is C14H22N2O. The molecule has 0 radical (unpaired) electrons. The van der Waals surface area contributed by atoms with Crippen LogP contribution in [0.15, 0.2) is 18.3 Å². The average molecular weight is 234 g/mol. The topological polar surface area (TPSA) is 45.1 Å². The van der Waals surface area contributed by atoms with Crippen LogP contribution < -0.4 is 5.32 Å². The van der Waals surface area contributed by atoms with Crippen molar-refractivity contribution >= 4 is 0 Å². The molecule has 0 spiro atoms. The summed E-state index contributed by atoms with van der Waals surface area (Å²) in [5, 5.41) is 12.9. The van der Waals surface area contributed by atoms with E-state index in [1.807, 2.05) is 12.3 Å². The third-order valence-electron chi connectivity index (χ3n) is 3.61. The maximum atomic E-state index is 9.39. The Labute approximate surface area is 103 Å². The highest BCUT2D eigenvalue weighted by molar-refractivity contribution is 5.25. The Morgan fingerprint density at radius 3 is 3.06 bits per heavy atom. The Morgan fingerprint density at radius 2 is 2.35 bits per heavy atom. The van der Waals surface area contributed by atoms with Crippen molar-refractivity contribution in [1.29, 1.82) is 0 Å². The number of pyridine rings is 1. The minimum Gasteiger partial charge on any atom is -0.395 e. The number of aliphatic hydroxyl groups is 1. The van der Waals surface area contributed by atoms with Crippen LogP contribution in [0.3, 0.4) is 0 Å². The van der Waals surface area contributed by atoms with Crippen molar-refractivity contribution in [1.82, 2.24) is 10.3 Å². The Kier molecular flexibility index (Phi) is 4.13. The zero-order valence-electron chi connectivity index (χ0n) is 10.7. The van der Waals surface area contributed by atoms with Crippen molar-refractivity contribution in [3.05, 3.63) is 29.6 Å². The lowest BCUT2D eigenvalue weighted by Crippen LogP contribution is -2.41. The van der Waals surface area contributed by atoms with Crippen LogP contribution in [0.5, 0.6) is 0 Å². The monoisotopic (exact) mass is 234 g/mol. The van der Waals surface area contributed by atoms with Crippen molar-refractivity contribution in [2.75, 3.05) is 6.61 Å². The minimum absolute atomic E-state index is 0.160. The molecule has 0 aromatic carbocycles. The Bertz CT molecular complexity index is 365. The van der Waals surface area contributed by atoms with Crippen LogP contribution in [0.1, 0.15) is 44.0 Å². The zero-order chi connectivity index (χ0) is 12.3. The Balaban J connectivity index is 2.13. The third-order valence-corrected chi connectivity index (χ3v) is 3.61. The van der Waals surface area contributed by atoms with Gasteiger partial charge in [-0.2, -0.15) is 0 Å². The lowest BCUT2D eigenvalue weighted by atomic mass is 9.90. The molecule has 17 heavy (non-hydrogen) atoms. The van der Waals surface area contributed by atoms with Gasteiger partial charge in [-0.3, -0.25) is 4.98 Å². The third kappa shape index (κ3) is 2.85. The standard InChI is InChI=1S/C14H22N2O/c1-10(2)13(9-17)16-12-7-3-5-11-6-4-8-15-14(11)12/h4,6,8,10,12-13,16-17H,3,5,7,9H2,1-2H3. The second kappa shape index (κ2) is 5.61. The van der Waals surface area contributed by atoms with Crippen LogP contribution in [0.2, 0.25) is 0 Å². The molecule has 1 aliphatic rings. The first-order valence-corrected chi connectivity index (χ1v) is 6.53. The smallest absolute Gasteiger partial charge is 0.0605 e. The molecule has 3 nitrogen and oxygen atoms in total. The first-order chi connectivity index (χ1) is 8.22. The predicted octanol–water partition coefficient (Wildman–Crippen LogP) is 2.07. The fourth-order valence-corrected chi connectivity index (χ4v) is 2.49. The van der Waals surface area contributed by atoms with Crippen molar-refractivity contribution < 1.29 is 5.11 Å². The first kappa shape index (κ1) is 12.5. The number of hydrogen-bond acceptors (Lipinski definition) is 3. The molecule has 0 amide bonds. The molecule has 0 saturated carbocycles. The van der Waals surface area contributed by atoms with E-state index in [9.17, 15) is 5.11 Å². The van der Waals surface area contributed by atoms with Gasteiger partial charge < -0.3 is 10.4 Å². The second-order valence-electron chi connectivity index (χ2n) is 5.19. The van der Waals surface area contributed by atoms with Crippen LogP contribution in [0.25, 0.3) is 0 Å². The van der Waals surface area contributed by atoms with Crippen molar-refractivity contribution in [3.8, 4) is 0 Å². The average Bonchev–Trinajstić information content (AvgIpc) is 2.35. The molecule has 94 valence electrons. The summed E-state index contributed by atoms with van der Waals surface area (Å²) in [6.07, 6.45) is 5.31. The van der Waals surface area contributed by atoms with E-state index in [0.29, 0.717) is 12.0 Å². The number of nitrogens with zero attached hydrogens (tertiary/aromatic N) is 1. The normalized spacial score (nSPS) is 21.3. The highest BCUT2D eigenvalue weighted by atomic mass is 16.3. The minimum atomic E-state index is 0.160. The van der Waals surface area contributed by atoms with Gasteiger partial charge in [-0.05, 0) is 36.8 Å². The van der Waals surface area contributed by atoms with Crippen molar-refractivity contribution in [2.24, 2.45) is 5.92 Å². The van der Waals surface area contributed by atoms with Gasteiger partial charge in [0.15, 0.2) is 0 Å². The molecule has 1 aromatic heterocycles. The number of rotatable bonds is 4. The summed E-state index contributed by atoms with van der Waals surface area (Å²) in [6.45, 7) is 4.46. The van der Waals surface area contributed by atoms with E-state index in [-0.39, 0.29) is 12.6 Å². The molecule has 2 rings (SSSR count). The Hall–Kier alpha value is -0.930. The van der Waals surface area contributed by atoms with Crippen LogP contribution >= 0.6 is 0 Å². The molecule has 1 heterocycles. The van der Waals surface area contributed by atoms with Gasteiger partial charge in [0.05, 0.1) is 18.3 Å². The number of aromatic nitrogens is 1. The highest BCUT2D eigenvalue weighted by Crippen LogP contribution is 2.28. The molecule has 3 heteroatoms. The van der Waals surface area contributed by atoms with Gasteiger partial charge in [0.25, 0.3) is 0 Å². The summed E-state index contributed by atoms with van der Waals surface area (Å²) in [5.74, 6) is 0.439. The van der Waals surface area contributed by atoms with Crippen LogP contribution in [0, 0.1) is 5.92 Å². The molecular weight excluding hydrogens is 212 g/mol. The second-order valence-corrected chi connectivity index (χ2v) is 5.19. The summed E-state index contributed by atoms with van der Waals surface area (Å²) < 4.78 is 0. The number of fused-ring (bicyclic) bond motifs is 1. The summed E-state index contributed by atoms with van der Waals surface area (Å²) in [6, 6.07) is 4.64. The fraction of sp³-hybridized carbons (Fsp3) is 0.643. The first-order valence-electron chi connectivity index (χ1n) is 6.53. The van der Waals surface area contributed by atoms with E-state index in [0.717, 1.165) is 12.8 Å². The molecule has 2 unspecified atom stereocenters. The van der Waals surface area contributed by atoms with Gasteiger partial charge in [0, 0.05) is 12.2 Å². The highest BCUT2D eigenvalue weighted by Gasteiger charge is 2.24. The van der Waals surface area contributed by atoms with E-state index < -0.39 is 0 Å². The van der Waals surface area contributed by atoms with Gasteiger partial charge >= 0.3 is 0 Å². The largest absolute Gasteiger partial charge is 0.395 e. The van der Waals surface area contributed by atoms with Crippen LogP contribution in [-0.2, 0) is 6.42 Å². The summed E-state index contributed by atoms with van der Waals surface area (Å²) in [7, 11) is 0. The fourth-order valence-electron chi connectivity index (χ4n) is 2.49. The molecule has 2 N–H and O–H groups in total. The van der Waals surface area contributed by atoms with E-state index in [2.05, 4.69) is 30.2 Å². The molecule has 0 bridgehead atoms. The van der Waals surface area contributed by atoms with Crippen LogP contribution in [0.4, 0.5) is 0 Å². The van der Waals surface area contributed by atoms with Gasteiger partial charge in [0.1, 0.15) is 0 Å². The van der Waals surface area contributed by atoms with Gasteiger partial charge in [0.2, 0.25) is 0 Å². The van der Waals surface area contributed by atoms with Crippen molar-refractivity contribution in [3.63, 3.8) is 0 Å².